The van der Waals surface area contributed by atoms with E-state index in [4.69, 9.17) is 4.42 Å². The lowest BCUT2D eigenvalue weighted by atomic mass is 10.2. The number of benzene rings is 1. The Morgan fingerprint density at radius 1 is 1.15 bits per heavy atom. The minimum absolute atomic E-state index is 0.0532. The second kappa shape index (κ2) is 6.22. The molecule has 1 aromatic heterocycles. The molecule has 5 heteroatoms. The number of rotatable bonds is 6. The van der Waals surface area contributed by atoms with Crippen LogP contribution < -0.4 is 0 Å². The zero-order valence-corrected chi connectivity index (χ0v) is 12.6. The number of sulfone groups is 1. The van der Waals surface area contributed by atoms with E-state index in [2.05, 4.69) is 11.9 Å². The van der Waals surface area contributed by atoms with Gasteiger partial charge < -0.3 is 4.42 Å². The van der Waals surface area contributed by atoms with E-state index in [-0.39, 0.29) is 9.92 Å². The second-order valence-corrected chi connectivity index (χ2v) is 6.72. The summed E-state index contributed by atoms with van der Waals surface area (Å²) in [7, 11) is -3.59. The van der Waals surface area contributed by atoms with Gasteiger partial charge in [-0.3, -0.25) is 0 Å². The fraction of sp³-hybridized carbons (Fsp3) is 0.400. The van der Waals surface area contributed by atoms with Gasteiger partial charge >= 0.3 is 0 Å². The fourth-order valence-corrected chi connectivity index (χ4v) is 3.36. The SMILES string of the molecule is CCCCCc1ocnc1S(=O)(=O)c1ccc(C)cc1. The van der Waals surface area contributed by atoms with Crippen LogP contribution in [0.1, 0.15) is 37.5 Å². The summed E-state index contributed by atoms with van der Waals surface area (Å²) in [6, 6.07) is 6.78. The molecule has 1 aromatic carbocycles. The molecule has 2 aromatic rings. The van der Waals surface area contributed by atoms with Crippen molar-refractivity contribution in [3.8, 4) is 0 Å². The molecule has 0 aliphatic heterocycles. The van der Waals surface area contributed by atoms with Crippen molar-refractivity contribution in [2.75, 3.05) is 0 Å². The van der Waals surface area contributed by atoms with Crippen molar-refractivity contribution in [3.63, 3.8) is 0 Å². The third kappa shape index (κ3) is 3.10. The highest BCUT2D eigenvalue weighted by Gasteiger charge is 2.25. The van der Waals surface area contributed by atoms with E-state index in [0.29, 0.717) is 12.2 Å². The number of aryl methyl sites for hydroxylation is 2. The molecule has 0 unspecified atom stereocenters. The van der Waals surface area contributed by atoms with Crippen LogP contribution in [0.5, 0.6) is 0 Å². The molecule has 0 amide bonds. The van der Waals surface area contributed by atoms with Crippen molar-refractivity contribution >= 4 is 9.84 Å². The van der Waals surface area contributed by atoms with Crippen molar-refractivity contribution in [1.29, 1.82) is 0 Å². The maximum absolute atomic E-state index is 12.5. The van der Waals surface area contributed by atoms with E-state index in [0.717, 1.165) is 24.8 Å². The van der Waals surface area contributed by atoms with Crippen LogP contribution in [0.2, 0.25) is 0 Å². The molecule has 0 spiro atoms. The quantitative estimate of drug-likeness (QED) is 0.764. The lowest BCUT2D eigenvalue weighted by molar-refractivity contribution is 0.483. The van der Waals surface area contributed by atoms with Crippen LogP contribution in [0.3, 0.4) is 0 Å². The van der Waals surface area contributed by atoms with Crippen molar-refractivity contribution in [2.45, 2.75) is 49.5 Å². The van der Waals surface area contributed by atoms with Crippen molar-refractivity contribution in [3.05, 3.63) is 42.0 Å². The van der Waals surface area contributed by atoms with E-state index in [1.54, 1.807) is 24.3 Å². The van der Waals surface area contributed by atoms with Crippen LogP contribution in [-0.4, -0.2) is 13.4 Å². The number of oxazole rings is 1. The van der Waals surface area contributed by atoms with E-state index >= 15 is 0 Å². The first-order valence-corrected chi connectivity index (χ1v) is 8.28. The molecule has 0 radical (unpaired) electrons. The average Bonchev–Trinajstić information content (AvgIpc) is 2.89. The molecule has 4 nitrogen and oxygen atoms in total. The van der Waals surface area contributed by atoms with Gasteiger partial charge in [-0.05, 0) is 25.5 Å². The summed E-state index contributed by atoms with van der Waals surface area (Å²) < 4.78 is 30.3. The van der Waals surface area contributed by atoms with Gasteiger partial charge in [0.15, 0.2) is 6.39 Å². The number of unbranched alkanes of at least 4 members (excludes halogenated alkanes) is 2. The molecule has 2 rings (SSSR count). The molecule has 108 valence electrons. The van der Waals surface area contributed by atoms with E-state index < -0.39 is 9.84 Å². The summed E-state index contributed by atoms with van der Waals surface area (Å²) in [6.07, 6.45) is 4.84. The van der Waals surface area contributed by atoms with E-state index in [1.165, 1.54) is 6.39 Å². The molecule has 0 bridgehead atoms. The van der Waals surface area contributed by atoms with Crippen LogP contribution in [0, 0.1) is 6.92 Å². The highest BCUT2D eigenvalue weighted by molar-refractivity contribution is 7.91. The minimum atomic E-state index is -3.59. The molecule has 0 N–H and O–H groups in total. The Balaban J connectivity index is 2.30. The van der Waals surface area contributed by atoms with Gasteiger partial charge in [-0.15, -0.1) is 0 Å². The van der Waals surface area contributed by atoms with Gasteiger partial charge in [0, 0.05) is 6.42 Å². The monoisotopic (exact) mass is 293 g/mol. The van der Waals surface area contributed by atoms with Crippen LogP contribution in [0.4, 0.5) is 0 Å². The zero-order valence-electron chi connectivity index (χ0n) is 11.8. The van der Waals surface area contributed by atoms with Crippen molar-refractivity contribution in [2.24, 2.45) is 0 Å². The number of aromatic nitrogens is 1. The molecule has 0 fully saturated rings. The molecule has 0 atom stereocenters. The Bertz CT molecular complexity index is 657. The molecule has 0 aliphatic rings. The Hall–Kier alpha value is -1.62. The highest BCUT2D eigenvalue weighted by atomic mass is 32.2. The van der Waals surface area contributed by atoms with Gasteiger partial charge in [0.1, 0.15) is 5.76 Å². The Morgan fingerprint density at radius 2 is 1.85 bits per heavy atom. The minimum Gasteiger partial charge on any atom is -0.447 e. The lowest BCUT2D eigenvalue weighted by Crippen LogP contribution is -2.05. The normalized spacial score (nSPS) is 11.7. The zero-order chi connectivity index (χ0) is 14.6. The summed E-state index contributed by atoms with van der Waals surface area (Å²) >= 11 is 0. The van der Waals surface area contributed by atoms with Gasteiger partial charge in [0.25, 0.3) is 0 Å². The topological polar surface area (TPSA) is 60.2 Å². The molecular formula is C15H19NO3S. The molecule has 1 heterocycles. The van der Waals surface area contributed by atoms with Gasteiger partial charge in [-0.1, -0.05) is 37.5 Å². The van der Waals surface area contributed by atoms with Gasteiger partial charge in [-0.25, -0.2) is 13.4 Å². The van der Waals surface area contributed by atoms with Crippen LogP contribution in [0.15, 0.2) is 45.0 Å². The summed E-state index contributed by atoms with van der Waals surface area (Å²) in [6.45, 7) is 4.02. The first-order valence-electron chi connectivity index (χ1n) is 6.80. The Labute approximate surface area is 119 Å². The largest absolute Gasteiger partial charge is 0.447 e. The van der Waals surface area contributed by atoms with Crippen molar-refractivity contribution in [1.82, 2.24) is 4.98 Å². The third-order valence-electron chi connectivity index (χ3n) is 3.20. The molecule has 20 heavy (non-hydrogen) atoms. The summed E-state index contributed by atoms with van der Waals surface area (Å²) in [5.41, 5.74) is 1.02. The van der Waals surface area contributed by atoms with Gasteiger partial charge in [0.05, 0.1) is 4.90 Å². The molecular weight excluding hydrogens is 274 g/mol. The first kappa shape index (κ1) is 14.8. The summed E-state index contributed by atoms with van der Waals surface area (Å²) in [5.74, 6) is 0.457. The third-order valence-corrected chi connectivity index (χ3v) is 4.93. The number of nitrogens with zero attached hydrogens (tertiary/aromatic N) is 1. The summed E-state index contributed by atoms with van der Waals surface area (Å²) in [5, 5.41) is 0.0532. The molecule has 0 saturated heterocycles. The smallest absolute Gasteiger partial charge is 0.227 e. The standard InChI is InChI=1S/C15H19NO3S/c1-3-4-5-6-14-15(16-11-19-14)20(17,18)13-9-7-12(2)8-10-13/h7-11H,3-6H2,1-2H3. The fourth-order valence-electron chi connectivity index (χ4n) is 2.01. The lowest BCUT2D eigenvalue weighted by Gasteiger charge is -2.04. The van der Waals surface area contributed by atoms with Crippen LogP contribution in [0.25, 0.3) is 0 Å². The average molecular weight is 293 g/mol. The maximum Gasteiger partial charge on any atom is 0.227 e. The van der Waals surface area contributed by atoms with E-state index in [1.807, 2.05) is 6.92 Å². The van der Waals surface area contributed by atoms with Crippen LogP contribution in [-0.2, 0) is 16.3 Å². The molecule has 0 aliphatic carbocycles. The highest BCUT2D eigenvalue weighted by Crippen LogP contribution is 2.24. The predicted octanol–water partition coefficient (Wildman–Crippen LogP) is 3.55. The number of hydrogen-bond donors (Lipinski definition) is 0. The summed E-state index contributed by atoms with van der Waals surface area (Å²) in [4.78, 5) is 4.17. The van der Waals surface area contributed by atoms with E-state index in [9.17, 15) is 8.42 Å². The van der Waals surface area contributed by atoms with Gasteiger partial charge in [0.2, 0.25) is 14.9 Å². The maximum atomic E-state index is 12.5. The van der Waals surface area contributed by atoms with Gasteiger partial charge in [-0.2, -0.15) is 0 Å². The Morgan fingerprint density at radius 3 is 2.50 bits per heavy atom. The van der Waals surface area contributed by atoms with Crippen LogP contribution >= 0.6 is 0 Å². The Kier molecular flexibility index (Phi) is 4.60. The number of hydrogen-bond acceptors (Lipinski definition) is 4. The second-order valence-electron chi connectivity index (χ2n) is 4.85. The molecule has 0 saturated carbocycles. The first-order chi connectivity index (χ1) is 9.55. The predicted molar refractivity (Wildman–Crippen MR) is 76.4 cm³/mol. The van der Waals surface area contributed by atoms with Crippen molar-refractivity contribution < 1.29 is 12.8 Å².